The smallest absolute Gasteiger partial charge is 0.0660 e. The molecular weight excluding hydrogens is 138 g/mol. The van der Waals surface area contributed by atoms with Gasteiger partial charge in [0.15, 0.2) is 0 Å². The van der Waals surface area contributed by atoms with Crippen LogP contribution in [0.15, 0.2) is 28.5 Å². The SMILES string of the molecule is CC/C(N)=C1\C=NC=CC1=N. The molecule has 1 heterocycles. The predicted molar refractivity (Wildman–Crippen MR) is 46.9 cm³/mol. The lowest BCUT2D eigenvalue weighted by Crippen LogP contribution is -2.11. The topological polar surface area (TPSA) is 62.2 Å². The second kappa shape index (κ2) is 3.14. The third-order valence-electron chi connectivity index (χ3n) is 1.55. The highest BCUT2D eigenvalue weighted by atomic mass is 14.7. The van der Waals surface area contributed by atoms with Crippen LogP contribution >= 0.6 is 0 Å². The summed E-state index contributed by atoms with van der Waals surface area (Å²) in [5.41, 5.74) is 7.57. The maximum absolute atomic E-state index is 7.46. The summed E-state index contributed by atoms with van der Waals surface area (Å²) < 4.78 is 0. The van der Waals surface area contributed by atoms with Gasteiger partial charge in [0.1, 0.15) is 0 Å². The van der Waals surface area contributed by atoms with E-state index in [2.05, 4.69) is 4.99 Å². The number of allylic oxidation sites excluding steroid dienone is 3. The van der Waals surface area contributed by atoms with Crippen molar-refractivity contribution in [3.8, 4) is 0 Å². The van der Waals surface area contributed by atoms with Gasteiger partial charge in [0.25, 0.3) is 0 Å². The normalized spacial score (nSPS) is 20.6. The largest absolute Gasteiger partial charge is 0.401 e. The molecule has 0 aromatic heterocycles. The Bertz CT molecular complexity index is 259. The van der Waals surface area contributed by atoms with Crippen LogP contribution in [-0.4, -0.2) is 11.9 Å². The van der Waals surface area contributed by atoms with Crippen molar-refractivity contribution < 1.29 is 0 Å². The number of nitrogens with zero attached hydrogens (tertiary/aromatic N) is 1. The van der Waals surface area contributed by atoms with Gasteiger partial charge in [-0.3, -0.25) is 4.99 Å². The Hall–Kier alpha value is -1.38. The molecule has 0 aliphatic carbocycles. The zero-order chi connectivity index (χ0) is 8.27. The molecule has 11 heavy (non-hydrogen) atoms. The Kier molecular flexibility index (Phi) is 2.21. The molecule has 1 aliphatic heterocycles. The van der Waals surface area contributed by atoms with Gasteiger partial charge in [-0.15, -0.1) is 0 Å². The van der Waals surface area contributed by atoms with Crippen molar-refractivity contribution in [2.75, 3.05) is 0 Å². The summed E-state index contributed by atoms with van der Waals surface area (Å²) in [6, 6.07) is 0. The average Bonchev–Trinajstić information content (AvgIpc) is 2.04. The first-order valence-corrected chi connectivity index (χ1v) is 3.53. The molecule has 1 rings (SSSR count). The van der Waals surface area contributed by atoms with Gasteiger partial charge in [-0.2, -0.15) is 0 Å². The summed E-state index contributed by atoms with van der Waals surface area (Å²) in [6.07, 6.45) is 5.62. The van der Waals surface area contributed by atoms with Crippen LogP contribution in [0.5, 0.6) is 0 Å². The van der Waals surface area contributed by atoms with Crippen LogP contribution in [0.3, 0.4) is 0 Å². The molecule has 0 saturated heterocycles. The van der Waals surface area contributed by atoms with E-state index in [0.717, 1.165) is 17.7 Å². The van der Waals surface area contributed by atoms with E-state index < -0.39 is 0 Å². The highest BCUT2D eigenvalue weighted by Crippen LogP contribution is 2.06. The fraction of sp³-hybridized carbons (Fsp3) is 0.250. The maximum atomic E-state index is 7.46. The standard InChI is InChI=1S/C8H11N3/c1-2-7(9)6-5-11-4-3-8(6)10/h3-5,10H,2,9H2,1H3/b7-6-,10-8?. The van der Waals surface area contributed by atoms with Crippen molar-refractivity contribution in [1.29, 1.82) is 5.41 Å². The second-order valence-corrected chi connectivity index (χ2v) is 2.30. The molecule has 0 radical (unpaired) electrons. The van der Waals surface area contributed by atoms with Gasteiger partial charge in [-0.25, -0.2) is 0 Å². The first kappa shape index (κ1) is 7.72. The molecule has 0 fully saturated rings. The molecule has 58 valence electrons. The van der Waals surface area contributed by atoms with Crippen molar-refractivity contribution in [3.05, 3.63) is 23.5 Å². The number of hydrogen-bond donors (Lipinski definition) is 2. The molecule has 1 aliphatic rings. The van der Waals surface area contributed by atoms with Crippen LogP contribution in [0.2, 0.25) is 0 Å². The van der Waals surface area contributed by atoms with Gasteiger partial charge in [-0.05, 0) is 12.5 Å². The Morgan fingerprint density at radius 3 is 3.00 bits per heavy atom. The summed E-state index contributed by atoms with van der Waals surface area (Å²) in [5.74, 6) is 0. The summed E-state index contributed by atoms with van der Waals surface area (Å²) in [7, 11) is 0. The Balaban J connectivity index is 2.98. The zero-order valence-electron chi connectivity index (χ0n) is 6.46. The van der Waals surface area contributed by atoms with Crippen LogP contribution in [0.1, 0.15) is 13.3 Å². The van der Waals surface area contributed by atoms with E-state index in [1.165, 1.54) is 0 Å². The van der Waals surface area contributed by atoms with E-state index in [1.54, 1.807) is 18.5 Å². The van der Waals surface area contributed by atoms with Crippen LogP contribution < -0.4 is 5.73 Å². The first-order valence-electron chi connectivity index (χ1n) is 3.53. The minimum atomic E-state index is 0.444. The molecule has 0 spiro atoms. The van der Waals surface area contributed by atoms with E-state index in [4.69, 9.17) is 11.1 Å². The van der Waals surface area contributed by atoms with Crippen LogP contribution in [-0.2, 0) is 0 Å². The molecule has 0 atom stereocenters. The minimum Gasteiger partial charge on any atom is -0.401 e. The summed E-state index contributed by atoms with van der Waals surface area (Å²) in [5, 5.41) is 7.46. The van der Waals surface area contributed by atoms with E-state index in [-0.39, 0.29) is 0 Å². The number of nitrogens with one attached hydrogen (secondary N) is 1. The second-order valence-electron chi connectivity index (χ2n) is 2.30. The Labute approximate surface area is 65.8 Å². The molecular formula is C8H11N3. The Morgan fingerprint density at radius 2 is 2.45 bits per heavy atom. The highest BCUT2D eigenvalue weighted by molar-refractivity contribution is 6.21. The van der Waals surface area contributed by atoms with Crippen LogP contribution in [0, 0.1) is 5.41 Å². The molecule has 0 saturated carbocycles. The van der Waals surface area contributed by atoms with Crippen molar-refractivity contribution in [2.45, 2.75) is 13.3 Å². The van der Waals surface area contributed by atoms with E-state index in [9.17, 15) is 0 Å². The third-order valence-corrected chi connectivity index (χ3v) is 1.55. The lowest BCUT2D eigenvalue weighted by atomic mass is 10.1. The number of hydrogen-bond acceptors (Lipinski definition) is 3. The molecule has 3 heteroatoms. The predicted octanol–water partition coefficient (Wildman–Crippen LogP) is 1.23. The fourth-order valence-electron chi connectivity index (χ4n) is 0.841. The van der Waals surface area contributed by atoms with Gasteiger partial charge in [0, 0.05) is 23.7 Å². The lowest BCUT2D eigenvalue weighted by Gasteiger charge is -2.06. The van der Waals surface area contributed by atoms with Gasteiger partial charge in [0.05, 0.1) is 5.71 Å². The molecule has 0 unspecified atom stereocenters. The Morgan fingerprint density at radius 1 is 1.73 bits per heavy atom. The molecule has 0 aromatic carbocycles. The van der Waals surface area contributed by atoms with Crippen molar-refractivity contribution in [3.63, 3.8) is 0 Å². The average molecular weight is 149 g/mol. The minimum absolute atomic E-state index is 0.444. The molecule has 0 amide bonds. The lowest BCUT2D eigenvalue weighted by molar-refractivity contribution is 1.06. The number of aliphatic imine (C=N–C) groups is 1. The molecule has 0 aromatic rings. The third kappa shape index (κ3) is 1.55. The number of nitrogens with two attached hydrogens (primary N) is 1. The number of rotatable bonds is 1. The van der Waals surface area contributed by atoms with Crippen LogP contribution in [0.4, 0.5) is 0 Å². The van der Waals surface area contributed by atoms with E-state index in [0.29, 0.717) is 5.71 Å². The summed E-state index contributed by atoms with van der Waals surface area (Å²) in [4.78, 5) is 3.89. The summed E-state index contributed by atoms with van der Waals surface area (Å²) >= 11 is 0. The molecule has 3 N–H and O–H groups in total. The highest BCUT2D eigenvalue weighted by Gasteiger charge is 2.05. The van der Waals surface area contributed by atoms with E-state index in [1.807, 2.05) is 6.92 Å². The van der Waals surface area contributed by atoms with E-state index >= 15 is 0 Å². The van der Waals surface area contributed by atoms with Gasteiger partial charge >= 0.3 is 0 Å². The summed E-state index contributed by atoms with van der Waals surface area (Å²) in [6.45, 7) is 1.96. The van der Waals surface area contributed by atoms with Crippen molar-refractivity contribution in [2.24, 2.45) is 10.7 Å². The van der Waals surface area contributed by atoms with Crippen LogP contribution in [0.25, 0.3) is 0 Å². The molecule has 0 bridgehead atoms. The fourth-order valence-corrected chi connectivity index (χ4v) is 0.841. The van der Waals surface area contributed by atoms with Gasteiger partial charge in [-0.1, -0.05) is 6.92 Å². The monoisotopic (exact) mass is 149 g/mol. The van der Waals surface area contributed by atoms with Crippen molar-refractivity contribution >= 4 is 11.9 Å². The zero-order valence-corrected chi connectivity index (χ0v) is 6.46. The van der Waals surface area contributed by atoms with Crippen molar-refractivity contribution in [1.82, 2.24) is 0 Å². The quantitative estimate of drug-likeness (QED) is 0.578. The first-order chi connectivity index (χ1) is 5.25. The van der Waals surface area contributed by atoms with Gasteiger partial charge < -0.3 is 11.1 Å². The van der Waals surface area contributed by atoms with Gasteiger partial charge in [0.2, 0.25) is 0 Å². The molecule has 3 nitrogen and oxygen atoms in total. The maximum Gasteiger partial charge on any atom is 0.0660 e.